The number of urea groups is 1. The second-order valence-corrected chi connectivity index (χ2v) is 8.16. The fourth-order valence-electron chi connectivity index (χ4n) is 4.52. The highest BCUT2D eigenvalue weighted by molar-refractivity contribution is 5.80. The van der Waals surface area contributed by atoms with Gasteiger partial charge in [0.05, 0.1) is 0 Å². The Morgan fingerprint density at radius 1 is 1.12 bits per heavy atom. The Labute approximate surface area is 155 Å². The van der Waals surface area contributed by atoms with E-state index in [1.54, 1.807) is 0 Å². The van der Waals surface area contributed by atoms with Gasteiger partial charge < -0.3 is 15.1 Å². The molecule has 140 valence electrons. The quantitative estimate of drug-likeness (QED) is 0.902. The second-order valence-electron chi connectivity index (χ2n) is 8.16. The van der Waals surface area contributed by atoms with Crippen LogP contribution in [0.1, 0.15) is 50.5 Å². The van der Waals surface area contributed by atoms with Crippen molar-refractivity contribution in [1.29, 1.82) is 0 Å². The Morgan fingerprint density at radius 2 is 1.92 bits per heavy atom. The standard InChI is InChI=1S/C21H29N3O2/c25-19-9-11-21(24(19)16-18-7-8-18)10-4-13-23(14-12-21)20(26)22-15-17-5-2-1-3-6-17/h1-3,5-6,18H,4,7-16H2,(H,22,26). The zero-order valence-corrected chi connectivity index (χ0v) is 15.5. The summed E-state index contributed by atoms with van der Waals surface area (Å²) >= 11 is 0. The Balaban J connectivity index is 1.35. The molecule has 5 nitrogen and oxygen atoms in total. The van der Waals surface area contributed by atoms with Gasteiger partial charge in [-0.3, -0.25) is 4.79 Å². The van der Waals surface area contributed by atoms with Crippen LogP contribution in [0.4, 0.5) is 4.79 Å². The lowest BCUT2D eigenvalue weighted by Crippen LogP contribution is -2.48. The van der Waals surface area contributed by atoms with Crippen molar-refractivity contribution >= 4 is 11.9 Å². The van der Waals surface area contributed by atoms with Crippen molar-refractivity contribution in [3.63, 3.8) is 0 Å². The number of carbonyl (C=O) groups is 2. The smallest absolute Gasteiger partial charge is 0.317 e. The Morgan fingerprint density at radius 3 is 2.69 bits per heavy atom. The molecule has 1 unspecified atom stereocenters. The average molecular weight is 355 g/mol. The molecule has 1 spiro atoms. The molecular formula is C21H29N3O2. The summed E-state index contributed by atoms with van der Waals surface area (Å²) in [7, 11) is 0. The molecule has 1 aromatic carbocycles. The molecular weight excluding hydrogens is 326 g/mol. The predicted molar refractivity (Wildman–Crippen MR) is 101 cm³/mol. The Bertz CT molecular complexity index is 658. The molecule has 2 heterocycles. The molecule has 3 fully saturated rings. The molecule has 2 aliphatic heterocycles. The number of nitrogens with one attached hydrogen (secondary N) is 1. The summed E-state index contributed by atoms with van der Waals surface area (Å²) < 4.78 is 0. The van der Waals surface area contributed by atoms with Crippen molar-refractivity contribution in [2.45, 2.75) is 57.0 Å². The molecule has 1 aromatic rings. The number of amides is 3. The molecule has 1 aliphatic carbocycles. The van der Waals surface area contributed by atoms with Crippen molar-refractivity contribution in [3.05, 3.63) is 35.9 Å². The second kappa shape index (κ2) is 7.29. The number of benzene rings is 1. The zero-order valence-electron chi connectivity index (χ0n) is 15.5. The summed E-state index contributed by atoms with van der Waals surface area (Å²) in [5.74, 6) is 1.06. The van der Waals surface area contributed by atoms with Crippen LogP contribution in [0.2, 0.25) is 0 Å². The summed E-state index contributed by atoms with van der Waals surface area (Å²) in [6.45, 7) is 3.04. The molecule has 1 N–H and O–H groups in total. The summed E-state index contributed by atoms with van der Waals surface area (Å²) in [5.41, 5.74) is 1.12. The minimum atomic E-state index is 0.00807. The maximum Gasteiger partial charge on any atom is 0.317 e. The van der Waals surface area contributed by atoms with Gasteiger partial charge in [0.1, 0.15) is 0 Å². The van der Waals surface area contributed by atoms with E-state index >= 15 is 0 Å². The van der Waals surface area contributed by atoms with Crippen LogP contribution in [0.25, 0.3) is 0 Å². The summed E-state index contributed by atoms with van der Waals surface area (Å²) in [6, 6.07) is 10.0. The first kappa shape index (κ1) is 17.4. The van der Waals surface area contributed by atoms with Crippen molar-refractivity contribution in [2.24, 2.45) is 5.92 Å². The van der Waals surface area contributed by atoms with E-state index in [1.165, 1.54) is 12.8 Å². The van der Waals surface area contributed by atoms with Crippen LogP contribution in [0.3, 0.4) is 0 Å². The fourth-order valence-corrected chi connectivity index (χ4v) is 4.52. The molecule has 0 radical (unpaired) electrons. The van der Waals surface area contributed by atoms with Crippen molar-refractivity contribution < 1.29 is 9.59 Å². The van der Waals surface area contributed by atoms with E-state index in [0.29, 0.717) is 18.9 Å². The number of rotatable bonds is 4. The highest BCUT2D eigenvalue weighted by Crippen LogP contribution is 2.42. The van der Waals surface area contributed by atoms with E-state index in [4.69, 9.17) is 0 Å². The van der Waals surface area contributed by atoms with Crippen LogP contribution in [-0.4, -0.2) is 46.9 Å². The third-order valence-corrected chi connectivity index (χ3v) is 6.31. The van der Waals surface area contributed by atoms with Crippen LogP contribution < -0.4 is 5.32 Å². The van der Waals surface area contributed by atoms with Gasteiger partial charge in [0, 0.05) is 38.1 Å². The maximum atomic E-state index is 12.6. The van der Waals surface area contributed by atoms with E-state index in [-0.39, 0.29) is 11.6 Å². The Hall–Kier alpha value is -2.04. The van der Waals surface area contributed by atoms with Crippen molar-refractivity contribution in [2.75, 3.05) is 19.6 Å². The maximum absolute atomic E-state index is 12.6. The number of nitrogens with zero attached hydrogens (tertiary/aromatic N) is 2. The largest absolute Gasteiger partial charge is 0.337 e. The SMILES string of the molecule is O=C(NCc1ccccc1)N1CCCC2(CCC(=O)N2CC2CC2)CC1. The highest BCUT2D eigenvalue weighted by Gasteiger charge is 2.47. The van der Waals surface area contributed by atoms with Gasteiger partial charge >= 0.3 is 6.03 Å². The molecule has 3 aliphatic rings. The van der Waals surface area contributed by atoms with Gasteiger partial charge in [-0.25, -0.2) is 4.79 Å². The van der Waals surface area contributed by atoms with Gasteiger partial charge in [-0.15, -0.1) is 0 Å². The van der Waals surface area contributed by atoms with Crippen LogP contribution in [0.15, 0.2) is 30.3 Å². The molecule has 4 rings (SSSR count). The number of hydrogen-bond acceptors (Lipinski definition) is 2. The van der Waals surface area contributed by atoms with Crippen molar-refractivity contribution in [3.8, 4) is 0 Å². The van der Waals surface area contributed by atoms with Crippen LogP contribution in [0.5, 0.6) is 0 Å². The van der Waals surface area contributed by atoms with Gasteiger partial charge in [0.25, 0.3) is 0 Å². The van der Waals surface area contributed by atoms with E-state index < -0.39 is 0 Å². The first-order valence-corrected chi connectivity index (χ1v) is 10.0. The average Bonchev–Trinajstić information content (AvgIpc) is 3.45. The lowest BCUT2D eigenvalue weighted by molar-refractivity contribution is -0.131. The molecule has 3 amide bonds. The first-order valence-electron chi connectivity index (χ1n) is 10.0. The first-order chi connectivity index (χ1) is 12.7. The fraction of sp³-hybridized carbons (Fsp3) is 0.619. The van der Waals surface area contributed by atoms with Gasteiger partial charge in [-0.05, 0) is 50.0 Å². The monoisotopic (exact) mass is 355 g/mol. The lowest BCUT2D eigenvalue weighted by Gasteiger charge is -2.38. The highest BCUT2D eigenvalue weighted by atomic mass is 16.2. The third kappa shape index (κ3) is 3.71. The minimum absolute atomic E-state index is 0.00807. The Kier molecular flexibility index (Phi) is 4.88. The molecule has 2 saturated heterocycles. The third-order valence-electron chi connectivity index (χ3n) is 6.31. The van der Waals surface area contributed by atoms with Gasteiger partial charge in [-0.1, -0.05) is 30.3 Å². The van der Waals surface area contributed by atoms with Gasteiger partial charge in [0.15, 0.2) is 0 Å². The van der Waals surface area contributed by atoms with Gasteiger partial charge in [0.2, 0.25) is 5.91 Å². The van der Waals surface area contributed by atoms with E-state index in [2.05, 4.69) is 10.2 Å². The van der Waals surface area contributed by atoms with Crippen LogP contribution in [-0.2, 0) is 11.3 Å². The molecule has 0 bridgehead atoms. The summed E-state index contributed by atoms with van der Waals surface area (Å²) in [6.07, 6.45) is 7.14. The van der Waals surface area contributed by atoms with Crippen LogP contribution in [0, 0.1) is 5.92 Å². The topological polar surface area (TPSA) is 52.7 Å². The van der Waals surface area contributed by atoms with E-state index in [9.17, 15) is 9.59 Å². The lowest BCUT2D eigenvalue weighted by atomic mass is 9.87. The van der Waals surface area contributed by atoms with E-state index in [0.717, 1.165) is 56.8 Å². The number of hydrogen-bond donors (Lipinski definition) is 1. The summed E-state index contributed by atoms with van der Waals surface area (Å²) in [5, 5.41) is 3.04. The predicted octanol–water partition coefficient (Wildman–Crippen LogP) is 3.15. The molecule has 5 heteroatoms. The minimum Gasteiger partial charge on any atom is -0.337 e. The number of carbonyl (C=O) groups excluding carboxylic acids is 2. The van der Waals surface area contributed by atoms with E-state index in [1.807, 2.05) is 35.2 Å². The van der Waals surface area contributed by atoms with Gasteiger partial charge in [-0.2, -0.15) is 0 Å². The normalized spacial score (nSPS) is 26.2. The van der Waals surface area contributed by atoms with Crippen molar-refractivity contribution in [1.82, 2.24) is 15.1 Å². The molecule has 0 aromatic heterocycles. The summed E-state index contributed by atoms with van der Waals surface area (Å²) in [4.78, 5) is 29.2. The molecule has 26 heavy (non-hydrogen) atoms. The number of likely N-dealkylation sites (tertiary alicyclic amines) is 2. The molecule has 1 saturated carbocycles. The van der Waals surface area contributed by atoms with Crippen LogP contribution >= 0.6 is 0 Å². The zero-order chi connectivity index (χ0) is 18.0. The molecule has 1 atom stereocenters.